The van der Waals surface area contributed by atoms with Gasteiger partial charge >= 0.3 is 20.2 Å². The fourth-order valence-corrected chi connectivity index (χ4v) is 3.06. The smallest absolute Gasteiger partial charge is 0.319 e. The highest BCUT2D eigenvalue weighted by Crippen LogP contribution is 2.33. The van der Waals surface area contributed by atoms with Crippen LogP contribution in [0.3, 0.4) is 0 Å². The predicted molar refractivity (Wildman–Crippen MR) is 107 cm³/mol. The number of rotatable bonds is 10. The summed E-state index contributed by atoms with van der Waals surface area (Å²) in [5.74, 6) is 0.341. The molecule has 2 rings (SSSR count). The molecule has 2 aromatic rings. The summed E-state index contributed by atoms with van der Waals surface area (Å²) in [5.41, 5.74) is 1.33. The predicted octanol–water partition coefficient (Wildman–Crippen LogP) is 3.68. The Morgan fingerprint density at radius 3 is 1.47 bits per heavy atom. The summed E-state index contributed by atoms with van der Waals surface area (Å²) < 4.78 is 43.0. The standard InChI is InChI=1S/C20H23O9P/c1-13(21)28-17-7-5-15(9-19(17)24-3)11-26-30(23)27-12-16-6-8-18(29-14(2)22)20(10-16)25-4/h5-10,30H,11-12H2,1-4H3. The van der Waals surface area contributed by atoms with Crippen LogP contribution in [0.1, 0.15) is 25.0 Å². The quantitative estimate of drug-likeness (QED) is 0.312. The molecule has 0 fully saturated rings. The number of carbonyl (C=O) groups excluding carboxylic acids is 2. The maximum atomic E-state index is 12.1. The third kappa shape index (κ3) is 7.18. The lowest BCUT2D eigenvalue weighted by molar-refractivity contribution is -0.132. The lowest BCUT2D eigenvalue weighted by Crippen LogP contribution is -2.03. The summed E-state index contributed by atoms with van der Waals surface area (Å²) in [6.07, 6.45) is 0. The summed E-state index contributed by atoms with van der Waals surface area (Å²) >= 11 is 0. The molecular formula is C20H23O9P. The van der Waals surface area contributed by atoms with Crippen LogP contribution < -0.4 is 18.9 Å². The monoisotopic (exact) mass is 438 g/mol. The van der Waals surface area contributed by atoms with E-state index in [2.05, 4.69) is 0 Å². The first-order valence-electron chi connectivity index (χ1n) is 8.82. The average Bonchev–Trinajstić information content (AvgIpc) is 2.71. The Bertz CT molecular complexity index is 853. The van der Waals surface area contributed by atoms with E-state index in [-0.39, 0.29) is 24.7 Å². The number of methoxy groups -OCH3 is 2. The van der Waals surface area contributed by atoms with Crippen molar-refractivity contribution in [2.24, 2.45) is 0 Å². The van der Waals surface area contributed by atoms with E-state index in [1.54, 1.807) is 36.4 Å². The summed E-state index contributed by atoms with van der Waals surface area (Å²) in [4.78, 5) is 22.2. The lowest BCUT2D eigenvalue weighted by Gasteiger charge is -2.11. The maximum absolute atomic E-state index is 12.1. The van der Waals surface area contributed by atoms with E-state index in [1.165, 1.54) is 28.1 Å². The molecule has 0 amide bonds. The first kappa shape index (κ1) is 23.4. The van der Waals surface area contributed by atoms with Gasteiger partial charge in [0, 0.05) is 13.8 Å². The van der Waals surface area contributed by atoms with Gasteiger partial charge in [0.2, 0.25) is 0 Å². The summed E-state index contributed by atoms with van der Waals surface area (Å²) in [6, 6.07) is 9.68. The molecule has 0 bridgehead atoms. The molecule has 10 heteroatoms. The van der Waals surface area contributed by atoms with E-state index in [0.717, 1.165) is 0 Å². The van der Waals surface area contributed by atoms with Crippen molar-refractivity contribution in [2.45, 2.75) is 27.1 Å². The third-order valence-electron chi connectivity index (χ3n) is 3.68. The van der Waals surface area contributed by atoms with Crippen molar-refractivity contribution >= 4 is 20.2 Å². The van der Waals surface area contributed by atoms with Crippen molar-refractivity contribution in [3.8, 4) is 23.0 Å². The Balaban J connectivity index is 1.91. The second-order valence-corrected chi connectivity index (χ2v) is 7.06. The van der Waals surface area contributed by atoms with E-state index in [1.807, 2.05) is 0 Å². The lowest BCUT2D eigenvalue weighted by atomic mass is 10.2. The summed E-state index contributed by atoms with van der Waals surface area (Å²) in [7, 11) is 0.106. The minimum absolute atomic E-state index is 0.0171. The molecule has 0 saturated carbocycles. The Labute approximate surface area is 174 Å². The molecule has 2 aromatic carbocycles. The van der Waals surface area contributed by atoms with Crippen molar-refractivity contribution in [3.05, 3.63) is 47.5 Å². The Kier molecular flexibility index (Phi) is 8.86. The van der Waals surface area contributed by atoms with Crippen LogP contribution >= 0.6 is 8.25 Å². The molecule has 162 valence electrons. The van der Waals surface area contributed by atoms with Crippen molar-refractivity contribution in [1.29, 1.82) is 0 Å². The largest absolute Gasteiger partial charge is 0.493 e. The number of esters is 2. The van der Waals surface area contributed by atoms with Crippen LogP contribution in [0.4, 0.5) is 0 Å². The molecular weight excluding hydrogens is 415 g/mol. The van der Waals surface area contributed by atoms with Crippen molar-refractivity contribution in [1.82, 2.24) is 0 Å². The summed E-state index contributed by atoms with van der Waals surface area (Å²) in [6.45, 7) is 2.62. The topological polar surface area (TPSA) is 107 Å². The van der Waals surface area contributed by atoms with Crippen LogP contribution in [0.15, 0.2) is 36.4 Å². The number of ether oxygens (including phenoxy) is 4. The van der Waals surface area contributed by atoms with Gasteiger partial charge in [-0.25, -0.2) is 0 Å². The van der Waals surface area contributed by atoms with E-state index in [0.29, 0.717) is 22.6 Å². The van der Waals surface area contributed by atoms with Gasteiger partial charge in [0.05, 0.1) is 27.4 Å². The molecule has 0 atom stereocenters. The number of hydrogen-bond acceptors (Lipinski definition) is 9. The zero-order chi connectivity index (χ0) is 22.1. The van der Waals surface area contributed by atoms with Gasteiger partial charge in [0.15, 0.2) is 23.0 Å². The molecule has 30 heavy (non-hydrogen) atoms. The number of hydrogen-bond donors (Lipinski definition) is 0. The highest BCUT2D eigenvalue weighted by atomic mass is 31.1. The maximum Gasteiger partial charge on any atom is 0.319 e. The second kappa shape index (κ2) is 11.3. The molecule has 0 aliphatic rings. The van der Waals surface area contributed by atoms with Crippen LogP contribution in [0, 0.1) is 0 Å². The van der Waals surface area contributed by atoms with E-state index in [9.17, 15) is 14.2 Å². The van der Waals surface area contributed by atoms with Gasteiger partial charge in [-0.3, -0.25) is 14.2 Å². The molecule has 0 unspecified atom stereocenters. The van der Waals surface area contributed by atoms with Crippen LogP contribution in [-0.2, 0) is 36.4 Å². The minimum Gasteiger partial charge on any atom is -0.493 e. The third-order valence-corrected chi connectivity index (χ3v) is 4.44. The number of carbonyl (C=O) groups is 2. The minimum atomic E-state index is -2.78. The molecule has 0 aromatic heterocycles. The highest BCUT2D eigenvalue weighted by molar-refractivity contribution is 7.33. The zero-order valence-corrected chi connectivity index (χ0v) is 18.1. The van der Waals surface area contributed by atoms with Gasteiger partial charge in [-0.05, 0) is 35.4 Å². The van der Waals surface area contributed by atoms with Gasteiger partial charge in [0.1, 0.15) is 0 Å². The Morgan fingerprint density at radius 1 is 0.733 bits per heavy atom. The van der Waals surface area contributed by atoms with Gasteiger partial charge < -0.3 is 28.0 Å². The second-order valence-electron chi connectivity index (χ2n) is 5.99. The molecule has 0 saturated heterocycles. The van der Waals surface area contributed by atoms with Crippen molar-refractivity contribution < 1.29 is 42.1 Å². The van der Waals surface area contributed by atoms with Crippen LogP contribution in [-0.4, -0.2) is 26.2 Å². The first-order chi connectivity index (χ1) is 14.3. The zero-order valence-electron chi connectivity index (χ0n) is 17.1. The van der Waals surface area contributed by atoms with Gasteiger partial charge in [-0.2, -0.15) is 0 Å². The first-order valence-corrected chi connectivity index (χ1v) is 10.0. The molecule has 0 aliphatic carbocycles. The van der Waals surface area contributed by atoms with Gasteiger partial charge in [0.25, 0.3) is 0 Å². The molecule has 9 nitrogen and oxygen atoms in total. The fraction of sp³-hybridized carbons (Fsp3) is 0.300. The van der Waals surface area contributed by atoms with Crippen LogP contribution in [0.25, 0.3) is 0 Å². The highest BCUT2D eigenvalue weighted by Gasteiger charge is 2.11. The molecule has 0 N–H and O–H groups in total. The van der Waals surface area contributed by atoms with Crippen LogP contribution in [0.5, 0.6) is 23.0 Å². The molecule has 0 radical (unpaired) electrons. The summed E-state index contributed by atoms with van der Waals surface area (Å²) in [5, 5.41) is 0. The molecule has 0 heterocycles. The number of benzene rings is 2. The van der Waals surface area contributed by atoms with Crippen LogP contribution in [0.2, 0.25) is 0 Å². The molecule has 0 spiro atoms. The van der Waals surface area contributed by atoms with Gasteiger partial charge in [-0.15, -0.1) is 0 Å². The van der Waals surface area contributed by atoms with Gasteiger partial charge in [-0.1, -0.05) is 12.1 Å². The van der Waals surface area contributed by atoms with Crippen molar-refractivity contribution in [3.63, 3.8) is 0 Å². The Hall–Kier alpha value is -2.87. The SMILES string of the molecule is COc1cc(CO[PH](=O)OCc2ccc(OC(C)=O)c(OC)c2)ccc1OC(C)=O. The normalized spacial score (nSPS) is 10.6. The van der Waals surface area contributed by atoms with Crippen molar-refractivity contribution in [2.75, 3.05) is 14.2 Å². The average molecular weight is 438 g/mol. The molecule has 0 aliphatic heterocycles. The van der Waals surface area contributed by atoms with E-state index in [4.69, 9.17) is 28.0 Å². The Morgan fingerprint density at radius 2 is 1.13 bits per heavy atom. The van der Waals surface area contributed by atoms with E-state index >= 15 is 0 Å². The fourth-order valence-electron chi connectivity index (χ4n) is 2.41. The van der Waals surface area contributed by atoms with E-state index < -0.39 is 20.2 Å².